The molecular formula is C11H14BrNO. The van der Waals surface area contributed by atoms with E-state index >= 15 is 0 Å². The van der Waals surface area contributed by atoms with E-state index in [9.17, 15) is 5.11 Å². The van der Waals surface area contributed by atoms with Crippen LogP contribution in [-0.2, 0) is 0 Å². The number of rotatable bonds is 1. The molecule has 2 N–H and O–H groups in total. The maximum Gasteiger partial charge on any atom is 0.130 e. The highest BCUT2D eigenvalue weighted by Crippen LogP contribution is 2.30. The Labute approximate surface area is 92.5 Å². The van der Waals surface area contributed by atoms with E-state index in [2.05, 4.69) is 27.3 Å². The second-order valence-electron chi connectivity index (χ2n) is 3.71. The molecule has 1 saturated heterocycles. The molecule has 1 atom stereocenters. The van der Waals surface area contributed by atoms with Gasteiger partial charge in [0.05, 0.1) is 4.47 Å². The summed E-state index contributed by atoms with van der Waals surface area (Å²) in [5.41, 5.74) is 1.19. The summed E-state index contributed by atoms with van der Waals surface area (Å²) in [4.78, 5) is 0. The summed E-state index contributed by atoms with van der Waals surface area (Å²) in [6, 6.07) is 6.23. The smallest absolute Gasteiger partial charge is 0.130 e. The average molecular weight is 256 g/mol. The summed E-state index contributed by atoms with van der Waals surface area (Å²) >= 11 is 3.28. The van der Waals surface area contributed by atoms with Gasteiger partial charge >= 0.3 is 0 Å². The van der Waals surface area contributed by atoms with Crippen molar-refractivity contribution in [2.45, 2.75) is 25.3 Å². The first-order valence-corrected chi connectivity index (χ1v) is 5.78. The van der Waals surface area contributed by atoms with Crippen molar-refractivity contribution in [3.05, 3.63) is 28.2 Å². The van der Waals surface area contributed by atoms with Crippen LogP contribution in [0.1, 0.15) is 30.9 Å². The lowest BCUT2D eigenvalue weighted by atomic mass is 9.97. The third-order valence-electron chi connectivity index (χ3n) is 2.68. The standard InChI is InChI=1S/C11H14BrNO/c12-9-5-4-8(7-11(9)14)10-3-1-2-6-13-10/h4-5,7,10,13-14H,1-3,6H2/t10-/m1/s1. The summed E-state index contributed by atoms with van der Waals surface area (Å²) in [6.07, 6.45) is 3.70. The van der Waals surface area contributed by atoms with Crippen LogP contribution in [0.5, 0.6) is 5.75 Å². The van der Waals surface area contributed by atoms with Crippen molar-refractivity contribution in [2.24, 2.45) is 0 Å². The van der Waals surface area contributed by atoms with Crippen LogP contribution < -0.4 is 5.32 Å². The van der Waals surface area contributed by atoms with Crippen LogP contribution in [0.15, 0.2) is 22.7 Å². The Hall–Kier alpha value is -0.540. The highest BCUT2D eigenvalue weighted by molar-refractivity contribution is 9.10. The Morgan fingerprint density at radius 3 is 2.86 bits per heavy atom. The molecule has 1 aromatic rings. The minimum atomic E-state index is 0.329. The van der Waals surface area contributed by atoms with E-state index in [1.807, 2.05) is 12.1 Å². The molecule has 2 nitrogen and oxygen atoms in total. The summed E-state index contributed by atoms with van der Waals surface area (Å²) < 4.78 is 0.761. The number of aromatic hydroxyl groups is 1. The first kappa shape index (κ1) is 9.99. The van der Waals surface area contributed by atoms with Gasteiger partial charge in [-0.05, 0) is 53.0 Å². The lowest BCUT2D eigenvalue weighted by Gasteiger charge is -2.24. The molecule has 1 heterocycles. The zero-order chi connectivity index (χ0) is 9.97. The van der Waals surface area contributed by atoms with Crippen LogP contribution in [0, 0.1) is 0 Å². The maximum atomic E-state index is 9.56. The Balaban J connectivity index is 2.18. The van der Waals surface area contributed by atoms with Gasteiger partial charge in [-0.3, -0.25) is 0 Å². The minimum absolute atomic E-state index is 0.329. The van der Waals surface area contributed by atoms with E-state index in [1.165, 1.54) is 24.8 Å². The molecule has 0 unspecified atom stereocenters. The fourth-order valence-electron chi connectivity index (χ4n) is 1.88. The van der Waals surface area contributed by atoms with Gasteiger partial charge in [0.2, 0.25) is 0 Å². The number of nitrogens with one attached hydrogen (secondary N) is 1. The molecule has 0 bridgehead atoms. The summed E-state index contributed by atoms with van der Waals surface area (Å²) in [7, 11) is 0. The minimum Gasteiger partial charge on any atom is -0.507 e. The molecule has 2 rings (SSSR count). The van der Waals surface area contributed by atoms with Crippen LogP contribution in [0.2, 0.25) is 0 Å². The molecule has 1 aliphatic rings. The molecule has 0 radical (unpaired) electrons. The van der Waals surface area contributed by atoms with Crippen molar-refractivity contribution in [3.63, 3.8) is 0 Å². The van der Waals surface area contributed by atoms with E-state index in [0.29, 0.717) is 11.8 Å². The van der Waals surface area contributed by atoms with Gasteiger partial charge in [0.25, 0.3) is 0 Å². The third-order valence-corrected chi connectivity index (χ3v) is 3.35. The molecule has 1 aromatic carbocycles. The first-order valence-electron chi connectivity index (χ1n) is 4.99. The fourth-order valence-corrected chi connectivity index (χ4v) is 2.13. The second-order valence-corrected chi connectivity index (χ2v) is 4.57. The highest BCUT2D eigenvalue weighted by atomic mass is 79.9. The Morgan fingerprint density at radius 2 is 2.21 bits per heavy atom. The van der Waals surface area contributed by atoms with Gasteiger partial charge in [0.1, 0.15) is 5.75 Å². The maximum absolute atomic E-state index is 9.56. The predicted molar refractivity (Wildman–Crippen MR) is 60.4 cm³/mol. The van der Waals surface area contributed by atoms with Crippen molar-refractivity contribution in [1.29, 1.82) is 0 Å². The topological polar surface area (TPSA) is 32.3 Å². The lowest BCUT2D eigenvalue weighted by molar-refractivity contribution is 0.409. The lowest BCUT2D eigenvalue weighted by Crippen LogP contribution is -2.26. The Bertz CT molecular complexity index is 321. The summed E-state index contributed by atoms with van der Waals surface area (Å²) in [5.74, 6) is 0.329. The molecule has 0 amide bonds. The van der Waals surface area contributed by atoms with Crippen molar-refractivity contribution < 1.29 is 5.11 Å². The second kappa shape index (κ2) is 4.32. The van der Waals surface area contributed by atoms with Crippen LogP contribution in [0.25, 0.3) is 0 Å². The quantitative estimate of drug-likeness (QED) is 0.809. The van der Waals surface area contributed by atoms with Gasteiger partial charge in [-0.2, -0.15) is 0 Å². The fraction of sp³-hybridized carbons (Fsp3) is 0.455. The number of hydrogen-bond acceptors (Lipinski definition) is 2. The number of halogens is 1. The summed E-state index contributed by atoms with van der Waals surface area (Å²) in [5, 5.41) is 13.0. The van der Waals surface area contributed by atoms with Crippen molar-refractivity contribution in [2.75, 3.05) is 6.54 Å². The molecule has 76 valence electrons. The summed E-state index contributed by atoms with van der Waals surface area (Å²) in [6.45, 7) is 1.08. The SMILES string of the molecule is Oc1cc([C@H]2CCCCN2)ccc1Br. The number of phenolic OH excluding ortho intramolecular Hbond substituents is 1. The molecule has 1 aliphatic heterocycles. The van der Waals surface area contributed by atoms with Crippen molar-refractivity contribution >= 4 is 15.9 Å². The van der Waals surface area contributed by atoms with Crippen LogP contribution in [-0.4, -0.2) is 11.7 Å². The molecular weight excluding hydrogens is 242 g/mol. The predicted octanol–water partition coefficient (Wildman–Crippen LogP) is 2.97. The van der Waals surface area contributed by atoms with Crippen LogP contribution >= 0.6 is 15.9 Å². The van der Waals surface area contributed by atoms with E-state index in [0.717, 1.165) is 11.0 Å². The molecule has 3 heteroatoms. The molecule has 1 fully saturated rings. The van der Waals surface area contributed by atoms with Crippen LogP contribution in [0.3, 0.4) is 0 Å². The van der Waals surface area contributed by atoms with E-state index in [1.54, 1.807) is 0 Å². The average Bonchev–Trinajstić information content (AvgIpc) is 2.23. The molecule has 0 aliphatic carbocycles. The number of phenols is 1. The first-order chi connectivity index (χ1) is 6.77. The normalized spacial score (nSPS) is 22.2. The molecule has 0 aromatic heterocycles. The monoisotopic (exact) mass is 255 g/mol. The number of piperidine rings is 1. The van der Waals surface area contributed by atoms with E-state index in [4.69, 9.17) is 0 Å². The van der Waals surface area contributed by atoms with Gasteiger partial charge in [-0.15, -0.1) is 0 Å². The van der Waals surface area contributed by atoms with Gasteiger partial charge in [-0.25, -0.2) is 0 Å². The third kappa shape index (κ3) is 2.10. The Morgan fingerprint density at radius 1 is 1.36 bits per heavy atom. The van der Waals surface area contributed by atoms with E-state index < -0.39 is 0 Å². The van der Waals surface area contributed by atoms with Gasteiger partial charge < -0.3 is 10.4 Å². The van der Waals surface area contributed by atoms with E-state index in [-0.39, 0.29) is 0 Å². The van der Waals surface area contributed by atoms with Crippen molar-refractivity contribution in [3.8, 4) is 5.75 Å². The molecule has 0 spiro atoms. The number of benzene rings is 1. The van der Waals surface area contributed by atoms with Gasteiger partial charge in [0, 0.05) is 6.04 Å². The highest BCUT2D eigenvalue weighted by Gasteiger charge is 2.15. The zero-order valence-corrected chi connectivity index (χ0v) is 9.55. The van der Waals surface area contributed by atoms with Gasteiger partial charge in [0.15, 0.2) is 0 Å². The molecule has 0 saturated carbocycles. The zero-order valence-electron chi connectivity index (χ0n) is 7.96. The van der Waals surface area contributed by atoms with Crippen LogP contribution in [0.4, 0.5) is 0 Å². The van der Waals surface area contributed by atoms with Crippen molar-refractivity contribution in [1.82, 2.24) is 5.32 Å². The number of hydrogen-bond donors (Lipinski definition) is 2. The van der Waals surface area contributed by atoms with Gasteiger partial charge in [-0.1, -0.05) is 12.5 Å². The largest absolute Gasteiger partial charge is 0.507 e. The Kier molecular flexibility index (Phi) is 3.08. The molecule has 14 heavy (non-hydrogen) atoms.